The van der Waals surface area contributed by atoms with Crippen LogP contribution in [0.5, 0.6) is 0 Å². The van der Waals surface area contributed by atoms with Crippen LogP contribution in [0.2, 0.25) is 0 Å². The smallest absolute Gasteiger partial charge is 0.132 e. The van der Waals surface area contributed by atoms with Crippen LogP contribution in [-0.4, -0.2) is 41.0 Å². The van der Waals surface area contributed by atoms with Gasteiger partial charge in [-0.05, 0) is 25.3 Å². The summed E-state index contributed by atoms with van der Waals surface area (Å²) >= 11 is 0. The van der Waals surface area contributed by atoms with E-state index >= 15 is 0 Å². The zero-order chi connectivity index (χ0) is 15.4. The zero-order valence-corrected chi connectivity index (χ0v) is 13.4. The van der Waals surface area contributed by atoms with Gasteiger partial charge < -0.3 is 4.90 Å². The van der Waals surface area contributed by atoms with E-state index < -0.39 is 0 Å². The number of hydrogen-bond acceptors (Lipinski definition) is 4. The lowest BCUT2D eigenvalue weighted by Gasteiger charge is -2.37. The number of hydrogen-bond donors (Lipinski definition) is 0. The van der Waals surface area contributed by atoms with Gasteiger partial charge in [-0.2, -0.15) is 0 Å². The van der Waals surface area contributed by atoms with Gasteiger partial charge in [0.15, 0.2) is 0 Å². The van der Waals surface area contributed by atoms with Gasteiger partial charge in [0.25, 0.3) is 0 Å². The number of aryl methyl sites for hydroxylation is 1. The van der Waals surface area contributed by atoms with E-state index in [0.717, 1.165) is 31.1 Å². The molecule has 0 spiro atoms. The summed E-state index contributed by atoms with van der Waals surface area (Å²) in [7, 11) is 2.15. The lowest BCUT2D eigenvalue weighted by atomic mass is 10.0. The van der Waals surface area contributed by atoms with Gasteiger partial charge in [0.05, 0.1) is 0 Å². The predicted molar refractivity (Wildman–Crippen MR) is 89.9 cm³/mol. The molecule has 1 aromatic heterocycles. The highest BCUT2D eigenvalue weighted by atomic mass is 15.2. The first kappa shape index (κ1) is 15.0. The second-order valence-electron chi connectivity index (χ2n) is 6.12. The number of nitrogens with zero attached hydrogens (tertiary/aromatic N) is 4. The number of likely N-dealkylation sites (tertiary alicyclic amines) is 1. The Morgan fingerprint density at radius 3 is 2.55 bits per heavy atom. The summed E-state index contributed by atoms with van der Waals surface area (Å²) < 4.78 is 0. The average molecular weight is 296 g/mol. The van der Waals surface area contributed by atoms with Crippen molar-refractivity contribution in [3.8, 4) is 0 Å². The third kappa shape index (κ3) is 3.63. The minimum atomic E-state index is 0.571. The third-order valence-corrected chi connectivity index (χ3v) is 4.50. The van der Waals surface area contributed by atoms with Crippen molar-refractivity contribution in [1.82, 2.24) is 14.9 Å². The first-order valence-electron chi connectivity index (χ1n) is 8.00. The molecule has 1 saturated heterocycles. The van der Waals surface area contributed by atoms with Crippen LogP contribution in [-0.2, 0) is 6.54 Å². The molecule has 22 heavy (non-hydrogen) atoms. The van der Waals surface area contributed by atoms with Crippen LogP contribution in [0.3, 0.4) is 0 Å². The molecule has 4 heteroatoms. The summed E-state index contributed by atoms with van der Waals surface area (Å²) in [5.41, 5.74) is 2.43. The van der Waals surface area contributed by atoms with Crippen molar-refractivity contribution >= 4 is 5.82 Å². The molecule has 2 heterocycles. The molecular weight excluding hydrogens is 272 g/mol. The Kier molecular flexibility index (Phi) is 4.68. The highest BCUT2D eigenvalue weighted by Crippen LogP contribution is 2.21. The fraction of sp³-hybridized carbons (Fsp3) is 0.444. The molecule has 4 nitrogen and oxygen atoms in total. The second-order valence-corrected chi connectivity index (χ2v) is 6.12. The van der Waals surface area contributed by atoms with Gasteiger partial charge in [-0.3, -0.25) is 4.90 Å². The molecule has 0 unspecified atom stereocenters. The van der Waals surface area contributed by atoms with E-state index in [2.05, 4.69) is 63.2 Å². The van der Waals surface area contributed by atoms with Crippen LogP contribution in [0.1, 0.15) is 24.1 Å². The molecular formula is C18H24N4. The van der Waals surface area contributed by atoms with Gasteiger partial charge in [0.2, 0.25) is 0 Å². The van der Waals surface area contributed by atoms with Crippen LogP contribution in [0.15, 0.2) is 42.7 Å². The van der Waals surface area contributed by atoms with Crippen molar-refractivity contribution in [3.05, 3.63) is 54.0 Å². The standard InChI is InChI=1S/C18H24N4/c1-15-12-18(20-14-19-15)21(2)17-8-10-22(11-9-17)13-16-6-4-3-5-7-16/h3-7,12,14,17H,8-11,13H2,1-2H3. The van der Waals surface area contributed by atoms with E-state index in [1.165, 1.54) is 18.4 Å². The van der Waals surface area contributed by atoms with Crippen molar-refractivity contribution in [2.75, 3.05) is 25.0 Å². The van der Waals surface area contributed by atoms with Crippen LogP contribution in [0.25, 0.3) is 0 Å². The molecule has 0 saturated carbocycles. The van der Waals surface area contributed by atoms with Gasteiger partial charge in [-0.25, -0.2) is 9.97 Å². The maximum absolute atomic E-state index is 4.40. The Bertz CT molecular complexity index is 591. The molecule has 1 fully saturated rings. The third-order valence-electron chi connectivity index (χ3n) is 4.50. The van der Waals surface area contributed by atoms with Gasteiger partial charge in [-0.1, -0.05) is 30.3 Å². The van der Waals surface area contributed by atoms with E-state index in [1.807, 2.05) is 6.92 Å². The highest BCUT2D eigenvalue weighted by molar-refractivity contribution is 5.39. The molecule has 3 rings (SSSR count). The fourth-order valence-electron chi connectivity index (χ4n) is 3.13. The van der Waals surface area contributed by atoms with Crippen LogP contribution in [0.4, 0.5) is 5.82 Å². The number of anilines is 1. The average Bonchev–Trinajstić information content (AvgIpc) is 2.56. The van der Waals surface area contributed by atoms with Crippen molar-refractivity contribution in [2.45, 2.75) is 32.4 Å². The van der Waals surface area contributed by atoms with E-state index in [1.54, 1.807) is 6.33 Å². The SMILES string of the molecule is Cc1cc(N(C)C2CCN(Cc3ccccc3)CC2)ncn1. The van der Waals surface area contributed by atoms with Crippen molar-refractivity contribution in [3.63, 3.8) is 0 Å². The fourth-order valence-corrected chi connectivity index (χ4v) is 3.13. The summed E-state index contributed by atoms with van der Waals surface area (Å²) in [6, 6.07) is 13.4. The number of benzene rings is 1. The molecule has 0 radical (unpaired) electrons. The zero-order valence-electron chi connectivity index (χ0n) is 13.4. The predicted octanol–water partition coefficient (Wildman–Crippen LogP) is 2.89. The monoisotopic (exact) mass is 296 g/mol. The molecule has 116 valence electrons. The van der Waals surface area contributed by atoms with E-state index in [0.29, 0.717) is 6.04 Å². The molecule has 0 N–H and O–H groups in total. The van der Waals surface area contributed by atoms with Gasteiger partial charge in [0, 0.05) is 44.5 Å². The summed E-state index contributed by atoms with van der Waals surface area (Å²) in [5, 5.41) is 0. The maximum Gasteiger partial charge on any atom is 0.132 e. The lowest BCUT2D eigenvalue weighted by molar-refractivity contribution is 0.203. The quantitative estimate of drug-likeness (QED) is 0.868. The highest BCUT2D eigenvalue weighted by Gasteiger charge is 2.23. The summed E-state index contributed by atoms with van der Waals surface area (Å²) in [4.78, 5) is 13.4. The van der Waals surface area contributed by atoms with Gasteiger partial charge >= 0.3 is 0 Å². The van der Waals surface area contributed by atoms with Crippen LogP contribution >= 0.6 is 0 Å². The number of rotatable bonds is 4. The topological polar surface area (TPSA) is 32.3 Å². The van der Waals surface area contributed by atoms with E-state index in [-0.39, 0.29) is 0 Å². The van der Waals surface area contributed by atoms with Crippen LogP contribution < -0.4 is 4.90 Å². The Morgan fingerprint density at radius 2 is 1.86 bits per heavy atom. The summed E-state index contributed by atoms with van der Waals surface area (Å²) in [6.45, 7) is 5.37. The summed E-state index contributed by atoms with van der Waals surface area (Å²) in [6.07, 6.45) is 4.03. The minimum absolute atomic E-state index is 0.571. The molecule has 0 amide bonds. The Morgan fingerprint density at radius 1 is 1.14 bits per heavy atom. The molecule has 1 aromatic carbocycles. The van der Waals surface area contributed by atoms with Gasteiger partial charge in [0.1, 0.15) is 12.1 Å². The normalized spacial score (nSPS) is 16.6. The van der Waals surface area contributed by atoms with Crippen molar-refractivity contribution < 1.29 is 0 Å². The largest absolute Gasteiger partial charge is 0.356 e. The summed E-state index contributed by atoms with van der Waals surface area (Å²) in [5.74, 6) is 1.04. The second kappa shape index (κ2) is 6.88. The van der Waals surface area contributed by atoms with Crippen molar-refractivity contribution in [2.24, 2.45) is 0 Å². The molecule has 0 atom stereocenters. The Hall–Kier alpha value is -1.94. The first-order chi connectivity index (χ1) is 10.7. The first-order valence-corrected chi connectivity index (χ1v) is 8.00. The molecule has 1 aliphatic heterocycles. The van der Waals surface area contributed by atoms with Crippen LogP contribution in [0, 0.1) is 6.92 Å². The molecule has 2 aromatic rings. The van der Waals surface area contributed by atoms with Gasteiger partial charge in [-0.15, -0.1) is 0 Å². The van der Waals surface area contributed by atoms with E-state index in [4.69, 9.17) is 0 Å². The minimum Gasteiger partial charge on any atom is -0.356 e. The van der Waals surface area contributed by atoms with Crippen molar-refractivity contribution in [1.29, 1.82) is 0 Å². The van der Waals surface area contributed by atoms with E-state index in [9.17, 15) is 0 Å². The molecule has 1 aliphatic rings. The Balaban J connectivity index is 1.55. The maximum atomic E-state index is 4.40. The number of aromatic nitrogens is 2. The number of piperidine rings is 1. The Labute approximate surface area is 132 Å². The lowest BCUT2D eigenvalue weighted by Crippen LogP contribution is -2.43. The molecule has 0 bridgehead atoms. The molecule has 0 aliphatic carbocycles.